The Morgan fingerprint density at radius 2 is 1.96 bits per heavy atom. The van der Waals surface area contributed by atoms with Gasteiger partial charge in [0.05, 0.1) is 19.3 Å². The van der Waals surface area contributed by atoms with E-state index in [1.807, 2.05) is 0 Å². The van der Waals surface area contributed by atoms with Crippen LogP contribution in [0.2, 0.25) is 0 Å². The summed E-state index contributed by atoms with van der Waals surface area (Å²) in [4.78, 5) is 22.7. The number of fused-ring (bicyclic) bond motifs is 1. The van der Waals surface area contributed by atoms with Gasteiger partial charge >= 0.3 is 0 Å². The summed E-state index contributed by atoms with van der Waals surface area (Å²) in [6, 6.07) is 0. The van der Waals surface area contributed by atoms with Crippen LogP contribution in [0.25, 0.3) is 11.2 Å². The number of rotatable bonds is 4. The first-order chi connectivity index (χ1) is 13.0. The summed E-state index contributed by atoms with van der Waals surface area (Å²) in [5.41, 5.74) is 0.109. The van der Waals surface area contributed by atoms with Gasteiger partial charge in [0.2, 0.25) is 8.77 Å². The third-order valence-electron chi connectivity index (χ3n) is 3.90. The predicted octanol–water partition coefficient (Wildman–Crippen LogP) is 1.08. The van der Waals surface area contributed by atoms with Gasteiger partial charge in [-0.15, -0.1) is 0 Å². The van der Waals surface area contributed by atoms with Crippen molar-refractivity contribution in [1.29, 1.82) is 0 Å². The van der Waals surface area contributed by atoms with Crippen molar-refractivity contribution in [3.05, 3.63) is 23.0 Å². The zero-order valence-electron chi connectivity index (χ0n) is 14.2. The van der Waals surface area contributed by atoms with E-state index in [9.17, 15) is 9.90 Å². The average Bonchev–Trinajstić information content (AvgIpc) is 3.24. The molecular weight excluding hydrogens is 432 g/mol. The van der Waals surface area contributed by atoms with Gasteiger partial charge in [-0.25, -0.2) is 9.97 Å². The van der Waals surface area contributed by atoms with Gasteiger partial charge in [-0.3, -0.25) is 9.36 Å². The van der Waals surface area contributed by atoms with Crippen LogP contribution in [-0.4, -0.2) is 70.8 Å². The lowest BCUT2D eigenvalue weighted by atomic mass is 10.1. The highest BCUT2D eigenvalue weighted by Gasteiger charge is 2.50. The Bertz CT molecular complexity index is 903. The summed E-state index contributed by atoms with van der Waals surface area (Å²) < 4.78 is 19.7. The summed E-state index contributed by atoms with van der Waals surface area (Å²) in [7, 11) is 0. The molecule has 0 unspecified atom stereocenters. The molecule has 0 radical (unpaired) electrons. The van der Waals surface area contributed by atoms with Crippen LogP contribution in [0.4, 0.5) is 0 Å². The Hall–Kier alpha value is -1.25. The average molecular weight is 449 g/mol. The molecule has 3 rings (SSSR count). The first-order valence-electron chi connectivity index (χ1n) is 7.65. The van der Waals surface area contributed by atoms with E-state index >= 15 is 0 Å². The van der Waals surface area contributed by atoms with Gasteiger partial charge in [0.25, 0.3) is 5.56 Å². The lowest BCUT2D eigenvalue weighted by molar-refractivity contribution is -0.0481. The second kappa shape index (κ2) is 8.84. The molecule has 2 aromatic heterocycles. The van der Waals surface area contributed by atoms with Gasteiger partial charge in [-0.1, -0.05) is 23.5 Å². The van der Waals surface area contributed by atoms with Crippen molar-refractivity contribution in [1.82, 2.24) is 19.5 Å². The number of H-pyrrole nitrogens is 1. The van der Waals surface area contributed by atoms with Crippen molar-refractivity contribution < 1.29 is 19.3 Å². The second-order valence-electron chi connectivity index (χ2n) is 5.38. The fraction of sp³-hybridized carbons (Fsp3) is 0.500. The van der Waals surface area contributed by atoms with Crippen molar-refractivity contribution in [2.75, 3.05) is 19.1 Å². The zero-order valence-corrected chi connectivity index (χ0v) is 17.5. The monoisotopic (exact) mass is 448 g/mol. The Labute approximate surface area is 173 Å². The van der Waals surface area contributed by atoms with Crippen LogP contribution in [0.1, 0.15) is 6.23 Å². The molecule has 0 spiro atoms. The van der Waals surface area contributed by atoms with Gasteiger partial charge in [0, 0.05) is 0 Å². The lowest BCUT2D eigenvalue weighted by Crippen LogP contribution is -2.39. The molecule has 146 valence electrons. The minimum atomic E-state index is -0.777. The number of imidazole rings is 1. The lowest BCUT2D eigenvalue weighted by Gasteiger charge is -2.25. The Morgan fingerprint density at radius 3 is 2.59 bits per heavy atom. The molecule has 27 heavy (non-hydrogen) atoms. The molecular formula is C14H16N4O5S4. The summed E-state index contributed by atoms with van der Waals surface area (Å²) in [5, 5.41) is 9.76. The topological polar surface area (TPSA) is 111 Å². The molecule has 9 nitrogen and oxygen atoms in total. The maximum Gasteiger partial charge on any atom is 0.278 e. The van der Waals surface area contributed by atoms with Gasteiger partial charge < -0.3 is 24.3 Å². The first kappa shape index (κ1) is 20.5. The Kier molecular flexibility index (Phi) is 6.70. The predicted molar refractivity (Wildman–Crippen MR) is 111 cm³/mol. The molecule has 1 aliphatic rings. The van der Waals surface area contributed by atoms with E-state index in [1.54, 1.807) is 17.1 Å². The molecule has 1 aliphatic heterocycles. The number of nitrogens with one attached hydrogen (secondary N) is 1. The minimum absolute atomic E-state index is 0.164. The minimum Gasteiger partial charge on any atom is -0.468 e. The van der Waals surface area contributed by atoms with E-state index in [-0.39, 0.29) is 26.4 Å². The van der Waals surface area contributed by atoms with E-state index in [1.165, 1.54) is 36.2 Å². The number of thioether (sulfide) groups is 2. The third-order valence-corrected chi connectivity index (χ3v) is 5.95. The molecule has 4 atom stereocenters. The van der Waals surface area contributed by atoms with Crippen LogP contribution in [0, 0.1) is 0 Å². The SMILES string of the molecule is CSC(=S)O[C@@H]1[C@H](OC(=S)SC)[C@@H](CO)O[C@H]1n1cnc2c(=O)[nH]cnc21. The standard InChI is InChI=1S/C14H16N4O5S4/c1-26-13(24)22-8-6(3-19)21-12(9(8)23-14(25)27-2)18-5-17-7-10(18)15-4-16-11(7)20/h4-6,8-9,12,19H,3H2,1-2H3,(H,15,16,20)/t6-,8-,9-,12-/m1/s1. The maximum atomic E-state index is 11.9. The van der Waals surface area contributed by atoms with Crippen molar-refractivity contribution in [3.63, 3.8) is 0 Å². The normalized spacial score (nSPS) is 24.9. The van der Waals surface area contributed by atoms with Crippen molar-refractivity contribution in [3.8, 4) is 0 Å². The number of hydrogen-bond donors (Lipinski definition) is 2. The van der Waals surface area contributed by atoms with Crippen LogP contribution >= 0.6 is 48.0 Å². The molecule has 0 amide bonds. The molecule has 13 heteroatoms. The fourth-order valence-electron chi connectivity index (χ4n) is 2.71. The number of aromatic amines is 1. The van der Waals surface area contributed by atoms with Gasteiger partial charge in [0.1, 0.15) is 6.10 Å². The molecule has 1 saturated heterocycles. The highest BCUT2D eigenvalue weighted by molar-refractivity contribution is 8.22. The smallest absolute Gasteiger partial charge is 0.278 e. The molecule has 0 aromatic carbocycles. The summed E-state index contributed by atoms with van der Waals surface area (Å²) in [6.45, 7) is -0.315. The van der Waals surface area contributed by atoms with Crippen molar-refractivity contribution in [2.45, 2.75) is 24.5 Å². The molecule has 0 bridgehead atoms. The molecule has 1 fully saturated rings. The molecule has 2 aromatic rings. The van der Waals surface area contributed by atoms with Gasteiger partial charge in [-0.05, 0) is 36.9 Å². The van der Waals surface area contributed by atoms with E-state index in [2.05, 4.69) is 15.0 Å². The van der Waals surface area contributed by atoms with Crippen molar-refractivity contribution in [2.24, 2.45) is 0 Å². The molecule has 0 aliphatic carbocycles. The first-order valence-corrected chi connectivity index (χ1v) is 10.9. The number of aliphatic hydroxyl groups is 1. The maximum absolute atomic E-state index is 11.9. The Balaban J connectivity index is 2.02. The zero-order chi connectivity index (χ0) is 19.6. The number of thiocarbonyl (C=S) groups is 2. The van der Waals surface area contributed by atoms with Gasteiger partial charge in [-0.2, -0.15) is 0 Å². The molecule has 3 heterocycles. The number of nitrogens with zero attached hydrogens (tertiary/aromatic N) is 3. The highest BCUT2D eigenvalue weighted by Crippen LogP contribution is 2.36. The quantitative estimate of drug-likeness (QED) is 0.655. The van der Waals surface area contributed by atoms with Crippen LogP contribution in [0.3, 0.4) is 0 Å². The molecule has 0 saturated carbocycles. The largest absolute Gasteiger partial charge is 0.468 e. The fourth-order valence-corrected chi connectivity index (χ4v) is 3.35. The van der Waals surface area contributed by atoms with Crippen LogP contribution in [-0.2, 0) is 14.2 Å². The van der Waals surface area contributed by atoms with E-state index in [4.69, 9.17) is 38.6 Å². The Morgan fingerprint density at radius 1 is 1.30 bits per heavy atom. The van der Waals surface area contributed by atoms with E-state index in [0.29, 0.717) is 5.65 Å². The summed E-state index contributed by atoms with van der Waals surface area (Å²) in [6.07, 6.45) is 3.35. The van der Waals surface area contributed by atoms with Crippen molar-refractivity contribution >= 4 is 67.9 Å². The van der Waals surface area contributed by atoms with Crippen LogP contribution < -0.4 is 5.56 Å². The van der Waals surface area contributed by atoms with Gasteiger partial charge in [0.15, 0.2) is 29.6 Å². The molecule has 2 N–H and O–H groups in total. The van der Waals surface area contributed by atoms with Crippen LogP contribution in [0.15, 0.2) is 17.4 Å². The number of aliphatic hydroxyl groups excluding tert-OH is 1. The van der Waals surface area contributed by atoms with E-state index in [0.717, 1.165) is 0 Å². The summed E-state index contributed by atoms with van der Waals surface area (Å²) >= 11 is 12.9. The second-order valence-corrected chi connectivity index (χ2v) is 8.19. The van der Waals surface area contributed by atoms with Crippen LogP contribution in [0.5, 0.6) is 0 Å². The van der Waals surface area contributed by atoms with E-state index < -0.39 is 24.5 Å². The number of hydrogen-bond acceptors (Lipinski definition) is 11. The third kappa shape index (κ3) is 4.12. The number of ether oxygens (including phenoxy) is 3. The number of aromatic nitrogens is 4. The summed E-state index contributed by atoms with van der Waals surface area (Å²) in [5.74, 6) is 0. The highest BCUT2D eigenvalue weighted by atomic mass is 32.2.